The largest absolute Gasteiger partial charge is 0.315 e. The van der Waals surface area contributed by atoms with Crippen molar-refractivity contribution in [3.8, 4) is 0 Å². The quantitative estimate of drug-likeness (QED) is 0.801. The first-order valence-corrected chi connectivity index (χ1v) is 8.22. The topological polar surface area (TPSA) is 29.1 Å². The molecule has 1 aromatic rings. The van der Waals surface area contributed by atoms with Crippen molar-refractivity contribution in [2.75, 3.05) is 12.3 Å². The van der Waals surface area contributed by atoms with E-state index in [0.29, 0.717) is 6.04 Å². The summed E-state index contributed by atoms with van der Waals surface area (Å²) in [6, 6.07) is 6.89. The number of fused-ring (bicyclic) bond motifs is 1. The minimum absolute atomic E-state index is 0.512. The van der Waals surface area contributed by atoms with E-state index in [4.69, 9.17) is 0 Å². The second-order valence-corrected chi connectivity index (χ2v) is 6.87. The van der Waals surface area contributed by atoms with Gasteiger partial charge in [0.25, 0.3) is 0 Å². The Morgan fingerprint density at radius 2 is 2.06 bits per heavy atom. The molecule has 1 atom stereocenters. The summed E-state index contributed by atoms with van der Waals surface area (Å²) in [7, 11) is -0.830. The van der Waals surface area contributed by atoms with Crippen molar-refractivity contribution in [2.45, 2.75) is 50.5 Å². The molecule has 0 saturated carbocycles. The summed E-state index contributed by atoms with van der Waals surface area (Å²) in [5.41, 5.74) is 2.87. The van der Waals surface area contributed by atoms with Gasteiger partial charge in [0.2, 0.25) is 0 Å². The van der Waals surface area contributed by atoms with Crippen molar-refractivity contribution in [1.82, 2.24) is 5.32 Å². The Labute approximate surface area is 113 Å². The molecule has 100 valence electrons. The maximum atomic E-state index is 12.2. The van der Waals surface area contributed by atoms with Crippen LogP contribution in [0.4, 0.5) is 0 Å². The van der Waals surface area contributed by atoms with E-state index in [-0.39, 0.29) is 0 Å². The molecule has 0 bridgehead atoms. The normalized spacial score (nSPS) is 15.9. The van der Waals surface area contributed by atoms with Crippen molar-refractivity contribution >= 4 is 10.8 Å². The SMILES string of the molecule is CC(C)NCCCS(=O)c1ccc2c(c1)CCC2. The van der Waals surface area contributed by atoms with E-state index >= 15 is 0 Å². The van der Waals surface area contributed by atoms with Crippen molar-refractivity contribution in [3.63, 3.8) is 0 Å². The van der Waals surface area contributed by atoms with Crippen LogP contribution in [0.5, 0.6) is 0 Å². The average molecular weight is 265 g/mol. The van der Waals surface area contributed by atoms with Crippen LogP contribution in [-0.2, 0) is 23.6 Å². The predicted molar refractivity (Wildman–Crippen MR) is 77.5 cm³/mol. The monoisotopic (exact) mass is 265 g/mol. The molecule has 0 fully saturated rings. The predicted octanol–water partition coefficient (Wildman–Crippen LogP) is 2.67. The molecule has 1 aromatic carbocycles. The van der Waals surface area contributed by atoms with Crippen molar-refractivity contribution in [1.29, 1.82) is 0 Å². The third-order valence-electron chi connectivity index (χ3n) is 3.39. The van der Waals surface area contributed by atoms with Gasteiger partial charge < -0.3 is 5.32 Å². The van der Waals surface area contributed by atoms with E-state index in [9.17, 15) is 4.21 Å². The van der Waals surface area contributed by atoms with Crippen LogP contribution in [0.2, 0.25) is 0 Å². The Hall–Kier alpha value is -0.670. The van der Waals surface area contributed by atoms with E-state index in [1.807, 2.05) is 0 Å². The van der Waals surface area contributed by atoms with Crippen molar-refractivity contribution < 1.29 is 4.21 Å². The highest BCUT2D eigenvalue weighted by Gasteiger charge is 2.13. The van der Waals surface area contributed by atoms with Gasteiger partial charge in [-0.2, -0.15) is 0 Å². The molecule has 18 heavy (non-hydrogen) atoms. The first kappa shape index (κ1) is 13.8. The third-order valence-corrected chi connectivity index (χ3v) is 4.83. The van der Waals surface area contributed by atoms with Crippen LogP contribution in [0.3, 0.4) is 0 Å². The van der Waals surface area contributed by atoms with Gasteiger partial charge in [-0.05, 0) is 55.5 Å². The minimum Gasteiger partial charge on any atom is -0.315 e. The molecule has 0 heterocycles. The van der Waals surface area contributed by atoms with Gasteiger partial charge in [-0.25, -0.2) is 0 Å². The summed E-state index contributed by atoms with van der Waals surface area (Å²) in [4.78, 5) is 1.01. The summed E-state index contributed by atoms with van der Waals surface area (Å²) in [6.45, 7) is 5.23. The number of aryl methyl sites for hydroxylation is 2. The lowest BCUT2D eigenvalue weighted by Gasteiger charge is -2.08. The third kappa shape index (κ3) is 3.66. The second kappa shape index (κ2) is 6.48. The molecule has 2 nitrogen and oxygen atoms in total. The zero-order valence-electron chi connectivity index (χ0n) is 11.4. The fourth-order valence-corrected chi connectivity index (χ4v) is 3.54. The van der Waals surface area contributed by atoms with Gasteiger partial charge in [0.15, 0.2) is 0 Å². The molecule has 1 unspecified atom stereocenters. The first-order valence-electron chi connectivity index (χ1n) is 6.90. The van der Waals surface area contributed by atoms with Crippen LogP contribution in [0.1, 0.15) is 37.8 Å². The van der Waals surface area contributed by atoms with Gasteiger partial charge in [-0.15, -0.1) is 0 Å². The first-order chi connectivity index (χ1) is 8.66. The summed E-state index contributed by atoms with van der Waals surface area (Å²) in [5.74, 6) is 0.762. The highest BCUT2D eigenvalue weighted by molar-refractivity contribution is 7.85. The van der Waals surface area contributed by atoms with Crippen LogP contribution in [-0.4, -0.2) is 22.5 Å². The molecule has 0 radical (unpaired) electrons. The summed E-state index contributed by atoms with van der Waals surface area (Å²) in [5, 5.41) is 3.36. The lowest BCUT2D eigenvalue weighted by molar-refractivity contribution is 0.583. The van der Waals surface area contributed by atoms with Crippen LogP contribution in [0.15, 0.2) is 23.1 Å². The molecular weight excluding hydrogens is 242 g/mol. The van der Waals surface area contributed by atoms with Gasteiger partial charge in [-0.1, -0.05) is 19.9 Å². The zero-order valence-corrected chi connectivity index (χ0v) is 12.2. The second-order valence-electron chi connectivity index (χ2n) is 5.30. The number of rotatable bonds is 6. The Morgan fingerprint density at radius 1 is 1.28 bits per heavy atom. The summed E-state index contributed by atoms with van der Waals surface area (Å²) < 4.78 is 12.2. The molecule has 0 aromatic heterocycles. The van der Waals surface area contributed by atoms with E-state index in [1.54, 1.807) is 0 Å². The molecule has 3 heteroatoms. The Balaban J connectivity index is 1.85. The molecule has 0 spiro atoms. The van der Waals surface area contributed by atoms with Gasteiger partial charge in [0.05, 0.1) is 10.8 Å². The molecule has 1 N–H and O–H groups in total. The van der Waals surface area contributed by atoms with Gasteiger partial charge in [0, 0.05) is 16.7 Å². The molecule has 2 rings (SSSR count). The maximum absolute atomic E-state index is 12.2. The number of nitrogens with one attached hydrogen (secondary N) is 1. The van der Waals surface area contributed by atoms with Crippen molar-refractivity contribution in [3.05, 3.63) is 29.3 Å². The fraction of sp³-hybridized carbons (Fsp3) is 0.600. The molecule has 0 saturated heterocycles. The van der Waals surface area contributed by atoms with E-state index < -0.39 is 10.8 Å². The van der Waals surface area contributed by atoms with Gasteiger partial charge in [-0.3, -0.25) is 4.21 Å². The van der Waals surface area contributed by atoms with Crippen LogP contribution in [0.25, 0.3) is 0 Å². The molecule has 0 amide bonds. The lowest BCUT2D eigenvalue weighted by atomic mass is 10.1. The highest BCUT2D eigenvalue weighted by Crippen LogP contribution is 2.24. The van der Waals surface area contributed by atoms with E-state index in [2.05, 4.69) is 37.4 Å². The minimum atomic E-state index is -0.830. The Kier molecular flexibility index (Phi) is 4.95. The molecule has 1 aliphatic rings. The molecule has 1 aliphatic carbocycles. The van der Waals surface area contributed by atoms with Gasteiger partial charge in [0.1, 0.15) is 0 Å². The smallest absolute Gasteiger partial charge is 0.0530 e. The lowest BCUT2D eigenvalue weighted by Crippen LogP contribution is -2.24. The van der Waals surface area contributed by atoms with Gasteiger partial charge >= 0.3 is 0 Å². The van der Waals surface area contributed by atoms with E-state index in [1.165, 1.54) is 24.0 Å². The van der Waals surface area contributed by atoms with Crippen LogP contribution < -0.4 is 5.32 Å². The fourth-order valence-electron chi connectivity index (χ4n) is 2.40. The number of hydrogen-bond acceptors (Lipinski definition) is 2. The van der Waals surface area contributed by atoms with E-state index in [0.717, 1.165) is 30.0 Å². The summed E-state index contributed by atoms with van der Waals surface area (Å²) >= 11 is 0. The highest BCUT2D eigenvalue weighted by atomic mass is 32.2. The summed E-state index contributed by atoms with van der Waals surface area (Å²) in [6.07, 6.45) is 4.58. The standard InChI is InChI=1S/C15H23NOS/c1-12(2)16-9-4-10-18(17)15-8-7-13-5-3-6-14(13)11-15/h7-8,11-12,16H,3-6,9-10H2,1-2H3. The number of hydrogen-bond donors (Lipinski definition) is 1. The Morgan fingerprint density at radius 3 is 2.83 bits per heavy atom. The molecular formula is C15H23NOS. The van der Waals surface area contributed by atoms with Crippen LogP contribution in [0, 0.1) is 0 Å². The average Bonchev–Trinajstić information content (AvgIpc) is 2.81. The van der Waals surface area contributed by atoms with Crippen LogP contribution >= 0.6 is 0 Å². The number of benzene rings is 1. The molecule has 0 aliphatic heterocycles. The maximum Gasteiger partial charge on any atom is 0.0530 e. The Bertz CT molecular complexity index is 429. The zero-order chi connectivity index (χ0) is 13.0. The van der Waals surface area contributed by atoms with Crippen molar-refractivity contribution in [2.24, 2.45) is 0 Å².